The topological polar surface area (TPSA) is 8.81 Å². The Hall–Kier alpha value is -2.07. The number of thioether (sulfide) groups is 1. The van der Waals surface area contributed by atoms with E-state index in [1.165, 1.54) is 17.3 Å². The molecule has 0 bridgehead atoms. The molecule has 2 heterocycles. The number of benzene rings is 2. The standard InChI is InChI=1S/C17H14FN2S/c18-14-8-6-13(7-9-14)16-12-19-10-11-21-17(19)20(16)15-4-2-1-3-5-15/h1-9,12H,10-11H2/q+1. The molecule has 21 heavy (non-hydrogen) atoms. The molecule has 104 valence electrons. The summed E-state index contributed by atoms with van der Waals surface area (Å²) in [7, 11) is 0. The van der Waals surface area contributed by atoms with Crippen LogP contribution in [0.4, 0.5) is 4.39 Å². The van der Waals surface area contributed by atoms with E-state index in [1.807, 2.05) is 42.1 Å². The molecule has 4 rings (SSSR count). The summed E-state index contributed by atoms with van der Waals surface area (Å²) in [5.74, 6) is 0.900. The summed E-state index contributed by atoms with van der Waals surface area (Å²) >= 11 is 1.86. The molecule has 1 aliphatic heterocycles. The van der Waals surface area contributed by atoms with Crippen molar-refractivity contribution in [3.8, 4) is 16.9 Å². The minimum Gasteiger partial charge on any atom is -0.223 e. The highest BCUT2D eigenvalue weighted by Crippen LogP contribution is 2.31. The van der Waals surface area contributed by atoms with Crippen LogP contribution in [0.2, 0.25) is 0 Å². The highest BCUT2D eigenvalue weighted by molar-refractivity contribution is 7.99. The number of rotatable bonds is 2. The summed E-state index contributed by atoms with van der Waals surface area (Å²) in [4.78, 5) is 0. The van der Waals surface area contributed by atoms with Gasteiger partial charge in [-0.3, -0.25) is 0 Å². The van der Waals surface area contributed by atoms with Crippen molar-refractivity contribution in [1.29, 1.82) is 0 Å². The zero-order valence-corrected chi connectivity index (χ0v) is 12.2. The summed E-state index contributed by atoms with van der Waals surface area (Å²) in [6, 6.07) is 17.0. The Morgan fingerprint density at radius 2 is 1.76 bits per heavy atom. The molecule has 0 fully saturated rings. The first-order valence-electron chi connectivity index (χ1n) is 6.92. The number of halogens is 1. The summed E-state index contributed by atoms with van der Waals surface area (Å²) in [5, 5.41) is 1.24. The van der Waals surface area contributed by atoms with E-state index >= 15 is 0 Å². The highest BCUT2D eigenvalue weighted by Gasteiger charge is 2.30. The van der Waals surface area contributed by atoms with E-state index in [0.717, 1.165) is 29.2 Å². The lowest BCUT2D eigenvalue weighted by Crippen LogP contribution is -2.30. The van der Waals surface area contributed by atoms with E-state index in [0.29, 0.717) is 0 Å². The Kier molecular flexibility index (Phi) is 3.04. The summed E-state index contributed by atoms with van der Waals surface area (Å²) in [6.07, 6.45) is 2.16. The van der Waals surface area contributed by atoms with E-state index in [9.17, 15) is 4.39 Å². The molecule has 1 aromatic heterocycles. The molecule has 2 aromatic carbocycles. The Balaban J connectivity index is 1.94. The molecule has 0 unspecified atom stereocenters. The molecule has 0 aliphatic carbocycles. The average Bonchev–Trinajstić information content (AvgIpc) is 3.09. The van der Waals surface area contributed by atoms with Crippen LogP contribution in [0.5, 0.6) is 0 Å². The lowest BCUT2D eigenvalue weighted by Gasteiger charge is -2.03. The number of fused-ring (bicyclic) bond motifs is 1. The first kappa shape index (κ1) is 12.7. The third-order valence-electron chi connectivity index (χ3n) is 3.67. The maximum Gasteiger partial charge on any atom is 0.323 e. The zero-order chi connectivity index (χ0) is 14.2. The monoisotopic (exact) mass is 297 g/mol. The van der Waals surface area contributed by atoms with E-state index in [-0.39, 0.29) is 5.82 Å². The fraction of sp³-hybridized carbons (Fsp3) is 0.118. The third-order valence-corrected chi connectivity index (χ3v) is 4.74. The Morgan fingerprint density at radius 3 is 2.52 bits per heavy atom. The molecule has 0 atom stereocenters. The van der Waals surface area contributed by atoms with Crippen LogP contribution >= 0.6 is 11.8 Å². The van der Waals surface area contributed by atoms with Gasteiger partial charge in [0.1, 0.15) is 24.2 Å². The molecule has 0 spiro atoms. The van der Waals surface area contributed by atoms with Crippen LogP contribution in [0.3, 0.4) is 0 Å². The van der Waals surface area contributed by atoms with Crippen molar-refractivity contribution in [2.45, 2.75) is 11.7 Å². The van der Waals surface area contributed by atoms with Crippen LogP contribution in [-0.2, 0) is 6.54 Å². The number of imidazole rings is 1. The summed E-state index contributed by atoms with van der Waals surface area (Å²) in [6.45, 7) is 1.02. The predicted molar refractivity (Wildman–Crippen MR) is 82.1 cm³/mol. The second-order valence-electron chi connectivity index (χ2n) is 5.02. The van der Waals surface area contributed by atoms with Gasteiger partial charge in [0.2, 0.25) is 0 Å². The molecule has 1 aliphatic rings. The number of aryl methyl sites for hydroxylation is 1. The Bertz CT molecular complexity index is 779. The normalized spacial score (nSPS) is 13.4. The molecular weight excluding hydrogens is 283 g/mol. The smallest absolute Gasteiger partial charge is 0.223 e. The van der Waals surface area contributed by atoms with Gasteiger partial charge in [0.25, 0.3) is 0 Å². The lowest BCUT2D eigenvalue weighted by molar-refractivity contribution is -0.723. The fourth-order valence-corrected chi connectivity index (χ4v) is 3.80. The predicted octanol–water partition coefficient (Wildman–Crippen LogP) is 3.68. The minimum absolute atomic E-state index is 0.203. The molecule has 0 N–H and O–H groups in total. The van der Waals surface area contributed by atoms with Gasteiger partial charge < -0.3 is 0 Å². The molecule has 0 saturated heterocycles. The molecular formula is C17H14FN2S+. The summed E-state index contributed by atoms with van der Waals surface area (Å²) < 4.78 is 17.7. The van der Waals surface area contributed by atoms with Crippen molar-refractivity contribution in [2.75, 3.05) is 5.75 Å². The van der Waals surface area contributed by atoms with E-state index in [1.54, 1.807) is 0 Å². The number of hydrogen-bond donors (Lipinski definition) is 0. The highest BCUT2D eigenvalue weighted by atomic mass is 32.2. The number of nitrogens with zero attached hydrogens (tertiary/aromatic N) is 2. The van der Waals surface area contributed by atoms with Gasteiger partial charge in [-0.15, -0.1) is 0 Å². The maximum atomic E-state index is 13.2. The van der Waals surface area contributed by atoms with Gasteiger partial charge in [-0.25, -0.2) is 8.96 Å². The van der Waals surface area contributed by atoms with Crippen molar-refractivity contribution in [3.63, 3.8) is 0 Å². The number of para-hydroxylation sites is 1. The second kappa shape index (κ2) is 5.04. The molecule has 4 heteroatoms. The largest absolute Gasteiger partial charge is 0.323 e. The van der Waals surface area contributed by atoms with Gasteiger partial charge in [-0.05, 0) is 48.2 Å². The fourth-order valence-electron chi connectivity index (χ4n) is 2.69. The quantitative estimate of drug-likeness (QED) is 0.656. The first-order valence-corrected chi connectivity index (χ1v) is 7.91. The Labute approximate surface area is 126 Å². The first-order chi connectivity index (χ1) is 10.3. The maximum absolute atomic E-state index is 13.2. The number of hydrogen-bond acceptors (Lipinski definition) is 1. The Morgan fingerprint density at radius 1 is 1.00 bits per heavy atom. The SMILES string of the molecule is Fc1ccc(-c2c[n+]3c(n2-c2ccccc2)SCC3)cc1. The van der Waals surface area contributed by atoms with Gasteiger partial charge in [0.05, 0.1) is 0 Å². The van der Waals surface area contributed by atoms with Crippen LogP contribution in [0, 0.1) is 5.82 Å². The van der Waals surface area contributed by atoms with Gasteiger partial charge in [0, 0.05) is 11.3 Å². The molecule has 0 saturated carbocycles. The number of aromatic nitrogens is 2. The van der Waals surface area contributed by atoms with Gasteiger partial charge in [-0.2, -0.15) is 4.57 Å². The van der Waals surface area contributed by atoms with Crippen LogP contribution in [0.15, 0.2) is 66.0 Å². The zero-order valence-electron chi connectivity index (χ0n) is 11.4. The molecule has 0 radical (unpaired) electrons. The van der Waals surface area contributed by atoms with Crippen LogP contribution < -0.4 is 4.57 Å². The van der Waals surface area contributed by atoms with Gasteiger partial charge in [-0.1, -0.05) is 18.2 Å². The summed E-state index contributed by atoms with van der Waals surface area (Å²) in [5.41, 5.74) is 3.27. The van der Waals surface area contributed by atoms with Crippen LogP contribution in [0.1, 0.15) is 0 Å². The van der Waals surface area contributed by atoms with Crippen molar-refractivity contribution < 1.29 is 8.96 Å². The van der Waals surface area contributed by atoms with E-state index < -0.39 is 0 Å². The minimum atomic E-state index is -0.203. The van der Waals surface area contributed by atoms with E-state index in [2.05, 4.69) is 27.5 Å². The molecule has 0 amide bonds. The molecule has 3 aromatic rings. The van der Waals surface area contributed by atoms with Crippen molar-refractivity contribution >= 4 is 11.8 Å². The third kappa shape index (κ3) is 2.16. The average molecular weight is 297 g/mol. The van der Waals surface area contributed by atoms with Gasteiger partial charge >= 0.3 is 5.16 Å². The lowest BCUT2D eigenvalue weighted by atomic mass is 10.1. The van der Waals surface area contributed by atoms with Crippen LogP contribution in [0.25, 0.3) is 16.9 Å². The van der Waals surface area contributed by atoms with Crippen molar-refractivity contribution in [3.05, 3.63) is 66.6 Å². The van der Waals surface area contributed by atoms with Crippen LogP contribution in [-0.4, -0.2) is 10.3 Å². The van der Waals surface area contributed by atoms with E-state index in [4.69, 9.17) is 0 Å². The van der Waals surface area contributed by atoms with Crippen molar-refractivity contribution in [2.24, 2.45) is 0 Å². The second-order valence-corrected chi connectivity index (χ2v) is 6.08. The van der Waals surface area contributed by atoms with Crippen molar-refractivity contribution in [1.82, 2.24) is 4.57 Å². The molecule has 2 nitrogen and oxygen atoms in total. The van der Waals surface area contributed by atoms with Gasteiger partial charge in [0.15, 0.2) is 5.69 Å².